The van der Waals surface area contributed by atoms with Crippen LogP contribution in [-0.2, 0) is 4.79 Å². The molecule has 2 aromatic carbocycles. The number of hydrogen-bond acceptors (Lipinski definition) is 4. The Morgan fingerprint density at radius 1 is 1.14 bits per heavy atom. The highest BCUT2D eigenvalue weighted by molar-refractivity contribution is 7.80. The summed E-state index contributed by atoms with van der Waals surface area (Å²) in [4.78, 5) is 13.9. The maximum absolute atomic E-state index is 12.1. The fourth-order valence-electron chi connectivity index (χ4n) is 3.06. The average molecular weight is 411 g/mol. The van der Waals surface area contributed by atoms with E-state index in [4.69, 9.17) is 17.0 Å². The molecular weight excluding hydrogens is 384 g/mol. The molecule has 29 heavy (non-hydrogen) atoms. The van der Waals surface area contributed by atoms with Gasteiger partial charge in [-0.25, -0.2) is 0 Å². The number of para-hydroxylation sites is 1. The van der Waals surface area contributed by atoms with Gasteiger partial charge in [-0.1, -0.05) is 18.2 Å². The minimum absolute atomic E-state index is 0.0446. The van der Waals surface area contributed by atoms with Crippen molar-refractivity contribution in [3.8, 4) is 5.75 Å². The summed E-state index contributed by atoms with van der Waals surface area (Å²) in [6.07, 6.45) is 2.16. The molecule has 0 radical (unpaired) electrons. The van der Waals surface area contributed by atoms with Gasteiger partial charge < -0.3 is 15.0 Å². The number of aryl methyl sites for hydroxylation is 1. The molecule has 1 amide bonds. The summed E-state index contributed by atoms with van der Waals surface area (Å²) in [6.45, 7) is 5.67. The molecule has 6 nitrogen and oxygen atoms in total. The minimum atomic E-state index is 0.0446. The first-order valence-corrected chi connectivity index (χ1v) is 10.1. The van der Waals surface area contributed by atoms with Crippen molar-refractivity contribution >= 4 is 34.6 Å². The van der Waals surface area contributed by atoms with E-state index in [9.17, 15) is 4.79 Å². The number of carbonyl (C=O) groups is 1. The van der Waals surface area contributed by atoms with Crippen molar-refractivity contribution in [2.75, 3.05) is 25.0 Å². The Kier molecular flexibility index (Phi) is 7.19. The SMILES string of the molecule is C/C(=N/NC(=S)Nc1ccccc1C)c1ccc(OCC(=O)N2CCCC2)cc1. The summed E-state index contributed by atoms with van der Waals surface area (Å²) < 4.78 is 5.61. The van der Waals surface area contributed by atoms with E-state index in [0.29, 0.717) is 10.9 Å². The van der Waals surface area contributed by atoms with Gasteiger partial charge in [0, 0.05) is 18.8 Å². The number of anilines is 1. The molecular formula is C22H26N4O2S. The zero-order valence-electron chi connectivity index (χ0n) is 16.8. The van der Waals surface area contributed by atoms with Gasteiger partial charge in [-0.05, 0) is 80.4 Å². The standard InChI is InChI=1S/C22H26N4O2S/c1-16-7-3-4-8-20(16)23-22(29)25-24-17(2)18-9-11-19(12-10-18)28-15-21(27)26-13-5-6-14-26/h3-4,7-12H,5-6,13-15H2,1-2H3,(H2,23,25,29)/b24-17-. The van der Waals surface area contributed by atoms with Crippen LogP contribution in [0.15, 0.2) is 53.6 Å². The first-order valence-electron chi connectivity index (χ1n) is 9.71. The molecule has 0 unspecified atom stereocenters. The fourth-order valence-corrected chi connectivity index (χ4v) is 3.21. The third-order valence-electron chi connectivity index (χ3n) is 4.81. The van der Waals surface area contributed by atoms with Gasteiger partial charge in [0.2, 0.25) is 0 Å². The highest BCUT2D eigenvalue weighted by atomic mass is 32.1. The van der Waals surface area contributed by atoms with Crippen LogP contribution in [-0.4, -0.2) is 41.3 Å². The maximum Gasteiger partial charge on any atom is 0.260 e. The van der Waals surface area contributed by atoms with Gasteiger partial charge in [0.05, 0.1) is 5.71 Å². The summed E-state index contributed by atoms with van der Waals surface area (Å²) in [5, 5.41) is 7.90. The summed E-state index contributed by atoms with van der Waals surface area (Å²) >= 11 is 5.30. The first-order chi connectivity index (χ1) is 14.0. The van der Waals surface area contributed by atoms with E-state index in [1.54, 1.807) is 0 Å². The van der Waals surface area contributed by atoms with E-state index in [0.717, 1.165) is 48.5 Å². The van der Waals surface area contributed by atoms with E-state index in [-0.39, 0.29) is 12.5 Å². The number of benzene rings is 2. The van der Waals surface area contributed by atoms with Gasteiger partial charge in [0.1, 0.15) is 5.75 Å². The van der Waals surface area contributed by atoms with Gasteiger partial charge in [-0.2, -0.15) is 5.10 Å². The molecule has 1 aliphatic rings. The second kappa shape index (κ2) is 10.0. The third-order valence-corrected chi connectivity index (χ3v) is 5.00. The fraction of sp³-hybridized carbons (Fsp3) is 0.318. The van der Waals surface area contributed by atoms with Crippen molar-refractivity contribution in [2.24, 2.45) is 5.10 Å². The molecule has 1 fully saturated rings. The Labute approximate surface area is 176 Å². The van der Waals surface area contributed by atoms with Crippen molar-refractivity contribution in [1.82, 2.24) is 10.3 Å². The lowest BCUT2D eigenvalue weighted by Gasteiger charge is -2.15. The van der Waals surface area contributed by atoms with E-state index in [1.165, 1.54) is 0 Å². The van der Waals surface area contributed by atoms with Crippen LogP contribution in [0.3, 0.4) is 0 Å². The average Bonchev–Trinajstić information content (AvgIpc) is 3.27. The maximum atomic E-state index is 12.1. The Balaban J connectivity index is 1.50. The summed E-state index contributed by atoms with van der Waals surface area (Å²) in [5.74, 6) is 0.710. The van der Waals surface area contributed by atoms with Gasteiger partial charge in [0.25, 0.3) is 5.91 Å². The van der Waals surface area contributed by atoms with Gasteiger partial charge in [-0.3, -0.25) is 10.2 Å². The molecule has 0 aromatic heterocycles. The largest absolute Gasteiger partial charge is 0.484 e. The smallest absolute Gasteiger partial charge is 0.260 e. The molecule has 1 heterocycles. The molecule has 0 spiro atoms. The monoisotopic (exact) mass is 410 g/mol. The summed E-state index contributed by atoms with van der Waals surface area (Å²) in [7, 11) is 0. The molecule has 1 aliphatic heterocycles. The van der Waals surface area contributed by atoms with Crippen LogP contribution in [0, 0.1) is 6.92 Å². The number of likely N-dealkylation sites (tertiary alicyclic amines) is 1. The number of thiocarbonyl (C=S) groups is 1. The van der Waals surface area contributed by atoms with E-state index in [2.05, 4.69) is 15.8 Å². The molecule has 0 aliphatic carbocycles. The van der Waals surface area contributed by atoms with E-state index in [1.807, 2.05) is 67.3 Å². The number of amides is 1. The van der Waals surface area contributed by atoms with E-state index >= 15 is 0 Å². The summed E-state index contributed by atoms with van der Waals surface area (Å²) in [6, 6.07) is 15.4. The van der Waals surface area contributed by atoms with Gasteiger partial charge >= 0.3 is 0 Å². The highest BCUT2D eigenvalue weighted by Gasteiger charge is 2.18. The third kappa shape index (κ3) is 6.02. The van der Waals surface area contributed by atoms with Crippen molar-refractivity contribution in [2.45, 2.75) is 26.7 Å². The lowest BCUT2D eigenvalue weighted by molar-refractivity contribution is -0.132. The molecule has 2 aromatic rings. The van der Waals surface area contributed by atoms with Crippen LogP contribution >= 0.6 is 12.2 Å². The lowest BCUT2D eigenvalue weighted by Crippen LogP contribution is -2.32. The Morgan fingerprint density at radius 2 is 1.83 bits per heavy atom. The lowest BCUT2D eigenvalue weighted by atomic mass is 10.1. The molecule has 2 N–H and O–H groups in total. The summed E-state index contributed by atoms with van der Waals surface area (Å²) in [5.41, 5.74) is 6.65. The normalized spacial score (nSPS) is 13.9. The van der Waals surface area contributed by atoms with Gasteiger partial charge in [0.15, 0.2) is 11.7 Å². The molecule has 1 saturated heterocycles. The van der Waals surface area contributed by atoms with E-state index < -0.39 is 0 Å². The molecule has 152 valence electrons. The molecule has 0 bridgehead atoms. The number of nitrogens with one attached hydrogen (secondary N) is 2. The zero-order chi connectivity index (χ0) is 20.6. The second-order valence-electron chi connectivity index (χ2n) is 6.98. The number of rotatable bonds is 6. The predicted molar refractivity (Wildman–Crippen MR) is 120 cm³/mol. The molecule has 7 heteroatoms. The van der Waals surface area contributed by atoms with Crippen LogP contribution in [0.4, 0.5) is 5.69 Å². The molecule has 0 saturated carbocycles. The van der Waals surface area contributed by atoms with Crippen molar-refractivity contribution in [1.29, 1.82) is 0 Å². The highest BCUT2D eigenvalue weighted by Crippen LogP contribution is 2.15. The number of nitrogens with zero attached hydrogens (tertiary/aromatic N) is 2. The first kappa shape index (κ1) is 20.8. The predicted octanol–water partition coefficient (Wildman–Crippen LogP) is 3.71. The Morgan fingerprint density at radius 3 is 2.52 bits per heavy atom. The number of carbonyl (C=O) groups excluding carboxylic acids is 1. The number of hydrazone groups is 1. The van der Waals surface area contributed by atoms with Crippen LogP contribution < -0.4 is 15.5 Å². The number of ether oxygens (including phenoxy) is 1. The van der Waals surface area contributed by atoms with Gasteiger partial charge in [-0.15, -0.1) is 0 Å². The number of hydrogen-bond donors (Lipinski definition) is 2. The molecule has 3 rings (SSSR count). The van der Waals surface area contributed by atoms with Crippen molar-refractivity contribution in [3.05, 3.63) is 59.7 Å². The van der Waals surface area contributed by atoms with Crippen molar-refractivity contribution in [3.63, 3.8) is 0 Å². The topological polar surface area (TPSA) is 66.0 Å². The second-order valence-corrected chi connectivity index (χ2v) is 7.39. The Bertz CT molecular complexity index is 890. The van der Waals surface area contributed by atoms with Crippen LogP contribution in [0.25, 0.3) is 0 Å². The minimum Gasteiger partial charge on any atom is -0.484 e. The Hall–Kier alpha value is -2.93. The van der Waals surface area contributed by atoms with Crippen LogP contribution in [0.5, 0.6) is 5.75 Å². The zero-order valence-corrected chi connectivity index (χ0v) is 17.6. The van der Waals surface area contributed by atoms with Crippen LogP contribution in [0.2, 0.25) is 0 Å². The van der Waals surface area contributed by atoms with Crippen LogP contribution in [0.1, 0.15) is 30.9 Å². The van der Waals surface area contributed by atoms with Crippen molar-refractivity contribution < 1.29 is 9.53 Å². The molecule has 0 atom stereocenters. The quantitative estimate of drug-likeness (QED) is 0.432.